The van der Waals surface area contributed by atoms with Gasteiger partial charge < -0.3 is 19.5 Å². The highest BCUT2D eigenvalue weighted by molar-refractivity contribution is 5.79. The van der Waals surface area contributed by atoms with Gasteiger partial charge in [0.05, 0.1) is 20.8 Å². The molecule has 0 spiro atoms. The van der Waals surface area contributed by atoms with E-state index in [0.29, 0.717) is 24.0 Å². The Balaban J connectivity index is 2.25. The zero-order chi connectivity index (χ0) is 15.2. The van der Waals surface area contributed by atoms with E-state index in [4.69, 9.17) is 14.2 Å². The maximum atomic E-state index is 12.3. The van der Waals surface area contributed by atoms with Gasteiger partial charge in [-0.05, 0) is 50.4 Å². The lowest BCUT2D eigenvalue weighted by Gasteiger charge is -2.20. The standard InChI is InChI=1S/C16H23NO4/c1-4-21-16(18)15(17-10-11-5-6-11)13-9-12(19-2)7-8-14(13)20-3/h7-9,11,15,17H,4-6,10H2,1-3H3. The van der Waals surface area contributed by atoms with Crippen molar-refractivity contribution in [1.29, 1.82) is 0 Å². The van der Waals surface area contributed by atoms with Crippen LogP contribution in [0.15, 0.2) is 18.2 Å². The number of benzene rings is 1. The molecule has 1 saturated carbocycles. The molecule has 1 aliphatic carbocycles. The predicted octanol–water partition coefficient (Wildman–Crippen LogP) is 2.31. The Labute approximate surface area is 125 Å². The fraction of sp³-hybridized carbons (Fsp3) is 0.562. The first kappa shape index (κ1) is 15.6. The molecule has 1 N–H and O–H groups in total. The van der Waals surface area contributed by atoms with Gasteiger partial charge in [0.25, 0.3) is 0 Å². The monoisotopic (exact) mass is 293 g/mol. The smallest absolute Gasteiger partial charge is 0.327 e. The summed E-state index contributed by atoms with van der Waals surface area (Å²) in [6.45, 7) is 2.97. The fourth-order valence-corrected chi connectivity index (χ4v) is 2.22. The molecule has 0 aromatic heterocycles. The van der Waals surface area contributed by atoms with E-state index in [1.54, 1.807) is 27.2 Å². The summed E-state index contributed by atoms with van der Waals surface area (Å²) >= 11 is 0. The van der Waals surface area contributed by atoms with E-state index < -0.39 is 6.04 Å². The molecule has 21 heavy (non-hydrogen) atoms. The molecule has 2 rings (SSSR count). The van der Waals surface area contributed by atoms with E-state index in [0.717, 1.165) is 12.1 Å². The quantitative estimate of drug-likeness (QED) is 0.745. The SMILES string of the molecule is CCOC(=O)C(NCC1CC1)c1cc(OC)ccc1OC. The molecule has 1 aliphatic rings. The zero-order valence-corrected chi connectivity index (χ0v) is 12.8. The average Bonchev–Trinajstić information content (AvgIpc) is 3.31. The van der Waals surface area contributed by atoms with Crippen molar-refractivity contribution in [1.82, 2.24) is 5.32 Å². The molecule has 5 nitrogen and oxygen atoms in total. The molecule has 1 unspecified atom stereocenters. The van der Waals surface area contributed by atoms with Crippen molar-refractivity contribution in [2.24, 2.45) is 5.92 Å². The van der Waals surface area contributed by atoms with Crippen molar-refractivity contribution in [2.75, 3.05) is 27.4 Å². The number of rotatable bonds is 8. The molecule has 0 saturated heterocycles. The number of ether oxygens (including phenoxy) is 3. The molecule has 0 radical (unpaired) electrons. The third-order valence-corrected chi connectivity index (χ3v) is 3.58. The Morgan fingerprint density at radius 2 is 2.10 bits per heavy atom. The van der Waals surface area contributed by atoms with E-state index in [1.165, 1.54) is 12.8 Å². The van der Waals surface area contributed by atoms with Gasteiger partial charge >= 0.3 is 5.97 Å². The van der Waals surface area contributed by atoms with Crippen LogP contribution in [0.3, 0.4) is 0 Å². The first-order valence-electron chi connectivity index (χ1n) is 7.31. The van der Waals surface area contributed by atoms with Crippen molar-refractivity contribution in [3.63, 3.8) is 0 Å². The van der Waals surface area contributed by atoms with Gasteiger partial charge in [0.15, 0.2) is 0 Å². The topological polar surface area (TPSA) is 56.8 Å². The minimum atomic E-state index is -0.532. The first-order valence-corrected chi connectivity index (χ1v) is 7.31. The Morgan fingerprint density at radius 3 is 2.67 bits per heavy atom. The van der Waals surface area contributed by atoms with E-state index in [2.05, 4.69) is 5.32 Å². The third kappa shape index (κ3) is 4.11. The van der Waals surface area contributed by atoms with E-state index in [-0.39, 0.29) is 5.97 Å². The molecule has 0 amide bonds. The second kappa shape index (κ2) is 7.31. The number of esters is 1. The van der Waals surface area contributed by atoms with Crippen LogP contribution in [-0.4, -0.2) is 33.3 Å². The van der Waals surface area contributed by atoms with E-state index in [1.807, 2.05) is 12.1 Å². The van der Waals surface area contributed by atoms with Crippen LogP contribution in [-0.2, 0) is 9.53 Å². The third-order valence-electron chi connectivity index (χ3n) is 3.58. The van der Waals surface area contributed by atoms with Crippen LogP contribution >= 0.6 is 0 Å². The highest BCUT2D eigenvalue weighted by Gasteiger charge is 2.29. The number of hydrogen-bond donors (Lipinski definition) is 1. The van der Waals surface area contributed by atoms with Gasteiger partial charge in [0.2, 0.25) is 0 Å². The molecule has 1 aromatic carbocycles. The lowest BCUT2D eigenvalue weighted by atomic mass is 10.0. The first-order chi connectivity index (χ1) is 10.2. The number of methoxy groups -OCH3 is 2. The summed E-state index contributed by atoms with van der Waals surface area (Å²) in [7, 11) is 3.19. The summed E-state index contributed by atoms with van der Waals surface area (Å²) in [5.74, 6) is 1.72. The Morgan fingerprint density at radius 1 is 1.33 bits per heavy atom. The van der Waals surface area contributed by atoms with Crippen LogP contribution in [0.25, 0.3) is 0 Å². The Kier molecular flexibility index (Phi) is 5.44. The highest BCUT2D eigenvalue weighted by Crippen LogP contribution is 2.32. The van der Waals surface area contributed by atoms with Crippen molar-refractivity contribution in [3.05, 3.63) is 23.8 Å². The molecular formula is C16H23NO4. The summed E-state index contributed by atoms with van der Waals surface area (Å²) in [6, 6.07) is 4.90. The second-order valence-corrected chi connectivity index (χ2v) is 5.14. The minimum Gasteiger partial charge on any atom is -0.497 e. The number of carbonyl (C=O) groups excluding carboxylic acids is 1. The van der Waals surface area contributed by atoms with Crippen LogP contribution in [0.1, 0.15) is 31.4 Å². The Bertz CT molecular complexity index is 485. The van der Waals surface area contributed by atoms with Crippen LogP contribution in [0, 0.1) is 5.92 Å². The maximum absolute atomic E-state index is 12.3. The highest BCUT2D eigenvalue weighted by atomic mass is 16.5. The second-order valence-electron chi connectivity index (χ2n) is 5.14. The molecule has 1 aromatic rings. The van der Waals surface area contributed by atoms with Crippen molar-refractivity contribution in [2.45, 2.75) is 25.8 Å². The molecular weight excluding hydrogens is 270 g/mol. The summed E-state index contributed by atoms with van der Waals surface area (Å²) in [6.07, 6.45) is 2.44. The number of hydrogen-bond acceptors (Lipinski definition) is 5. The van der Waals surface area contributed by atoms with Crippen LogP contribution in [0.5, 0.6) is 11.5 Å². The normalized spacial score (nSPS) is 15.4. The summed E-state index contributed by atoms with van der Waals surface area (Å²) in [5, 5.41) is 3.30. The lowest BCUT2D eigenvalue weighted by molar-refractivity contribution is -0.145. The van der Waals surface area contributed by atoms with Gasteiger partial charge in [0.1, 0.15) is 17.5 Å². The van der Waals surface area contributed by atoms with Gasteiger partial charge in [-0.1, -0.05) is 0 Å². The summed E-state index contributed by atoms with van der Waals surface area (Å²) in [4.78, 5) is 12.3. The molecule has 0 bridgehead atoms. The van der Waals surface area contributed by atoms with Crippen molar-refractivity contribution in [3.8, 4) is 11.5 Å². The molecule has 0 aliphatic heterocycles. The largest absolute Gasteiger partial charge is 0.497 e. The van der Waals surface area contributed by atoms with Gasteiger partial charge in [-0.15, -0.1) is 0 Å². The fourth-order valence-electron chi connectivity index (χ4n) is 2.22. The van der Waals surface area contributed by atoms with E-state index >= 15 is 0 Å². The molecule has 0 heterocycles. The maximum Gasteiger partial charge on any atom is 0.327 e. The Hall–Kier alpha value is -1.75. The molecule has 1 fully saturated rings. The number of nitrogens with one attached hydrogen (secondary N) is 1. The lowest BCUT2D eigenvalue weighted by Crippen LogP contribution is -2.32. The van der Waals surface area contributed by atoms with Crippen LogP contribution in [0.4, 0.5) is 0 Å². The van der Waals surface area contributed by atoms with Crippen LogP contribution in [0.2, 0.25) is 0 Å². The van der Waals surface area contributed by atoms with E-state index in [9.17, 15) is 4.79 Å². The minimum absolute atomic E-state index is 0.287. The summed E-state index contributed by atoms with van der Waals surface area (Å²) < 4.78 is 15.8. The van der Waals surface area contributed by atoms with Gasteiger partial charge in [-0.3, -0.25) is 0 Å². The molecule has 116 valence electrons. The molecule has 5 heteroatoms. The van der Waals surface area contributed by atoms with Gasteiger partial charge in [-0.2, -0.15) is 0 Å². The zero-order valence-electron chi connectivity index (χ0n) is 12.8. The number of carbonyl (C=O) groups is 1. The predicted molar refractivity (Wildman–Crippen MR) is 79.6 cm³/mol. The van der Waals surface area contributed by atoms with Crippen LogP contribution < -0.4 is 14.8 Å². The van der Waals surface area contributed by atoms with Crippen molar-refractivity contribution >= 4 is 5.97 Å². The van der Waals surface area contributed by atoms with Crippen molar-refractivity contribution < 1.29 is 19.0 Å². The molecule has 1 atom stereocenters. The van der Waals surface area contributed by atoms with Gasteiger partial charge in [-0.25, -0.2) is 4.79 Å². The summed E-state index contributed by atoms with van der Waals surface area (Å²) in [5.41, 5.74) is 0.746. The average molecular weight is 293 g/mol. The van der Waals surface area contributed by atoms with Gasteiger partial charge in [0, 0.05) is 5.56 Å².